The highest BCUT2D eigenvalue weighted by atomic mass is 15.2. The van der Waals surface area contributed by atoms with E-state index in [9.17, 15) is 0 Å². The molecule has 6 heteroatoms. The summed E-state index contributed by atoms with van der Waals surface area (Å²) in [4.78, 5) is 0. The van der Waals surface area contributed by atoms with Crippen LogP contribution in [-0.2, 0) is 0 Å². The molecule has 0 aliphatic heterocycles. The Kier molecular flexibility index (Phi) is 4.63. The van der Waals surface area contributed by atoms with Crippen LogP contribution in [0.4, 0.5) is 0 Å². The summed E-state index contributed by atoms with van der Waals surface area (Å²) >= 11 is 0. The van der Waals surface area contributed by atoms with Gasteiger partial charge in [0.1, 0.15) is 11.7 Å². The molecular weight excluding hydrogens is 144 g/mol. The first-order chi connectivity index (χ1) is 5.20. The van der Waals surface area contributed by atoms with Crippen molar-refractivity contribution >= 4 is 11.7 Å². The molecule has 0 aliphatic carbocycles. The minimum atomic E-state index is 0.412. The molecule has 0 saturated heterocycles. The molecule has 0 unspecified atom stereocenters. The molecule has 0 fully saturated rings. The maximum absolute atomic E-state index is 5.31. The lowest BCUT2D eigenvalue weighted by Crippen LogP contribution is -2.17. The molecule has 64 valence electrons. The van der Waals surface area contributed by atoms with Crippen LogP contribution >= 0.6 is 0 Å². The van der Waals surface area contributed by atoms with Crippen molar-refractivity contribution < 1.29 is 0 Å². The number of hydrazone groups is 2. The predicted octanol–water partition coefficient (Wildman–Crippen LogP) is -1.38. The van der Waals surface area contributed by atoms with E-state index in [4.69, 9.17) is 23.2 Å². The van der Waals surface area contributed by atoms with Gasteiger partial charge in [-0.25, -0.2) is 0 Å². The Balaban J connectivity index is 3.43. The highest BCUT2D eigenvalue weighted by Crippen LogP contribution is 1.93. The molecule has 0 saturated carbocycles. The molecule has 8 N–H and O–H groups in total. The van der Waals surface area contributed by atoms with Crippen LogP contribution in [0.2, 0.25) is 0 Å². The van der Waals surface area contributed by atoms with E-state index in [0.717, 1.165) is 6.42 Å². The van der Waals surface area contributed by atoms with Crippen molar-refractivity contribution in [2.45, 2.75) is 19.3 Å². The third kappa shape index (κ3) is 5.01. The fraction of sp³-hybridized carbons (Fsp3) is 0.600. The third-order valence-corrected chi connectivity index (χ3v) is 1.20. The Bertz CT molecular complexity index is 142. The molecule has 0 spiro atoms. The average Bonchev–Trinajstić information content (AvgIpc) is 2.04. The van der Waals surface area contributed by atoms with Crippen molar-refractivity contribution in [3.8, 4) is 0 Å². The molecule has 0 heterocycles. The van der Waals surface area contributed by atoms with Gasteiger partial charge in [-0.05, 0) is 6.42 Å². The second-order valence-electron chi connectivity index (χ2n) is 2.09. The predicted molar refractivity (Wildman–Crippen MR) is 45.5 cm³/mol. The zero-order chi connectivity index (χ0) is 8.69. The van der Waals surface area contributed by atoms with Crippen LogP contribution in [0, 0.1) is 0 Å². The Morgan fingerprint density at radius 2 is 1.27 bits per heavy atom. The van der Waals surface area contributed by atoms with Gasteiger partial charge >= 0.3 is 0 Å². The number of hydrogen-bond donors (Lipinski definition) is 4. The van der Waals surface area contributed by atoms with Crippen molar-refractivity contribution in [1.82, 2.24) is 0 Å². The van der Waals surface area contributed by atoms with Crippen molar-refractivity contribution in [3.05, 3.63) is 0 Å². The Morgan fingerprint density at radius 3 is 1.55 bits per heavy atom. The van der Waals surface area contributed by atoms with Gasteiger partial charge in [-0.1, -0.05) is 0 Å². The molecule has 0 radical (unpaired) electrons. The first-order valence-electron chi connectivity index (χ1n) is 3.25. The summed E-state index contributed by atoms with van der Waals surface area (Å²) in [7, 11) is 0. The summed E-state index contributed by atoms with van der Waals surface area (Å²) in [5.41, 5.74) is 10.6. The largest absolute Gasteiger partial charge is 0.386 e. The second-order valence-corrected chi connectivity index (χ2v) is 2.09. The maximum Gasteiger partial charge on any atom is 0.119 e. The van der Waals surface area contributed by atoms with Gasteiger partial charge in [0.05, 0.1) is 0 Å². The smallest absolute Gasteiger partial charge is 0.119 e. The highest BCUT2D eigenvalue weighted by molar-refractivity contribution is 5.82. The van der Waals surface area contributed by atoms with Crippen molar-refractivity contribution in [3.63, 3.8) is 0 Å². The summed E-state index contributed by atoms with van der Waals surface area (Å²) in [5, 5.41) is 6.59. The molecule has 0 aromatic carbocycles. The Hall–Kier alpha value is -1.46. The normalized spacial score (nSPS) is 13.5. The summed E-state index contributed by atoms with van der Waals surface area (Å²) in [6.07, 6.45) is 2.00. The highest BCUT2D eigenvalue weighted by Gasteiger charge is 1.94. The average molecular weight is 158 g/mol. The number of nitrogens with two attached hydrogens (primary N) is 4. The minimum Gasteiger partial charge on any atom is -0.386 e. The van der Waals surface area contributed by atoms with Gasteiger partial charge in [0.2, 0.25) is 0 Å². The van der Waals surface area contributed by atoms with E-state index in [-0.39, 0.29) is 0 Å². The van der Waals surface area contributed by atoms with E-state index in [0.29, 0.717) is 24.5 Å². The van der Waals surface area contributed by atoms with E-state index in [1.807, 2.05) is 0 Å². The second kappa shape index (κ2) is 5.33. The summed E-state index contributed by atoms with van der Waals surface area (Å²) in [6, 6.07) is 0. The van der Waals surface area contributed by atoms with Gasteiger partial charge in [-0.15, -0.1) is 0 Å². The van der Waals surface area contributed by atoms with Gasteiger partial charge in [0.15, 0.2) is 0 Å². The summed E-state index contributed by atoms with van der Waals surface area (Å²) in [6.45, 7) is 0. The maximum atomic E-state index is 5.31. The third-order valence-electron chi connectivity index (χ3n) is 1.20. The van der Waals surface area contributed by atoms with Crippen molar-refractivity contribution in [1.29, 1.82) is 0 Å². The zero-order valence-electron chi connectivity index (χ0n) is 6.33. The first-order valence-corrected chi connectivity index (χ1v) is 3.25. The number of nitrogens with zero attached hydrogens (tertiary/aromatic N) is 2. The molecule has 6 nitrogen and oxygen atoms in total. The fourth-order valence-electron chi connectivity index (χ4n) is 0.580. The lowest BCUT2D eigenvalue weighted by Gasteiger charge is -1.98. The molecule has 11 heavy (non-hydrogen) atoms. The first kappa shape index (κ1) is 9.54. The van der Waals surface area contributed by atoms with Crippen LogP contribution in [0.15, 0.2) is 10.2 Å². The fourth-order valence-corrected chi connectivity index (χ4v) is 0.580. The standard InChI is InChI=1S/C5H14N6/c6-4(10-8)2-1-3-5(7)11-9/h1-3,8-9H2,(H2,6,10)(H2,7,11). The van der Waals surface area contributed by atoms with Gasteiger partial charge in [0.25, 0.3) is 0 Å². The van der Waals surface area contributed by atoms with Crippen molar-refractivity contribution in [2.24, 2.45) is 33.4 Å². The summed E-state index contributed by atoms with van der Waals surface area (Å²) in [5.74, 6) is 10.6. The molecule has 0 aromatic rings. The Morgan fingerprint density at radius 1 is 0.909 bits per heavy atom. The zero-order valence-corrected chi connectivity index (χ0v) is 6.33. The van der Waals surface area contributed by atoms with Crippen LogP contribution < -0.4 is 23.2 Å². The topological polar surface area (TPSA) is 129 Å². The van der Waals surface area contributed by atoms with Gasteiger partial charge in [-0.2, -0.15) is 10.2 Å². The van der Waals surface area contributed by atoms with E-state index >= 15 is 0 Å². The molecule has 0 aromatic heterocycles. The summed E-state index contributed by atoms with van der Waals surface area (Å²) < 4.78 is 0. The van der Waals surface area contributed by atoms with E-state index in [1.54, 1.807) is 0 Å². The minimum absolute atomic E-state index is 0.412. The van der Waals surface area contributed by atoms with Crippen LogP contribution in [-0.4, -0.2) is 11.7 Å². The molecule has 0 bridgehead atoms. The van der Waals surface area contributed by atoms with Crippen LogP contribution in [0.5, 0.6) is 0 Å². The van der Waals surface area contributed by atoms with Gasteiger partial charge in [-0.3, -0.25) is 0 Å². The molecule has 0 atom stereocenters. The van der Waals surface area contributed by atoms with E-state index in [2.05, 4.69) is 10.2 Å². The lowest BCUT2D eigenvalue weighted by atomic mass is 10.2. The van der Waals surface area contributed by atoms with Crippen molar-refractivity contribution in [2.75, 3.05) is 0 Å². The van der Waals surface area contributed by atoms with Gasteiger partial charge in [0, 0.05) is 12.8 Å². The van der Waals surface area contributed by atoms with Crippen LogP contribution in [0.3, 0.4) is 0 Å². The monoisotopic (exact) mass is 158 g/mol. The molecular formula is C5H14N6. The van der Waals surface area contributed by atoms with Crippen LogP contribution in [0.25, 0.3) is 0 Å². The number of rotatable bonds is 4. The molecule has 0 amide bonds. The Labute approximate surface area is 65.3 Å². The number of hydrogen-bond acceptors (Lipinski definition) is 4. The molecule has 0 aliphatic rings. The SMILES string of the molecule is N/N=C(\N)CCC/C(N)=N/N. The van der Waals surface area contributed by atoms with E-state index in [1.165, 1.54) is 0 Å². The lowest BCUT2D eigenvalue weighted by molar-refractivity contribution is 0.897. The molecule has 0 rings (SSSR count). The van der Waals surface area contributed by atoms with E-state index < -0.39 is 0 Å². The van der Waals surface area contributed by atoms with Crippen LogP contribution in [0.1, 0.15) is 19.3 Å². The van der Waals surface area contributed by atoms with Gasteiger partial charge < -0.3 is 23.2 Å². The number of amidine groups is 2. The quantitative estimate of drug-likeness (QED) is 0.174.